The fourth-order valence-electron chi connectivity index (χ4n) is 4.26. The molecule has 0 aromatic heterocycles. The molecular formula is C30H35Cl2N3O4S. The molecule has 0 aliphatic carbocycles. The highest BCUT2D eigenvalue weighted by atomic mass is 35.5. The maximum absolute atomic E-state index is 14.1. The Labute approximate surface area is 247 Å². The van der Waals surface area contributed by atoms with Gasteiger partial charge in [-0.3, -0.25) is 13.9 Å². The van der Waals surface area contributed by atoms with Crippen molar-refractivity contribution >= 4 is 50.7 Å². The second kappa shape index (κ2) is 14.0. The molecule has 0 bridgehead atoms. The molecule has 2 amide bonds. The lowest BCUT2D eigenvalue weighted by Gasteiger charge is -2.33. The summed E-state index contributed by atoms with van der Waals surface area (Å²) < 4.78 is 28.9. The SMILES string of the molecule is CCCNC(=O)[C@H](CC)N(Cc1ccccc1C)C(=O)CN(c1ccc(Cl)c(Cl)c1)S(=O)(=O)c1ccc(C)cc1. The molecule has 0 spiro atoms. The van der Waals surface area contributed by atoms with E-state index in [4.69, 9.17) is 23.2 Å². The summed E-state index contributed by atoms with van der Waals surface area (Å²) in [4.78, 5) is 28.7. The van der Waals surface area contributed by atoms with E-state index < -0.39 is 28.5 Å². The van der Waals surface area contributed by atoms with Crippen LogP contribution in [0.25, 0.3) is 0 Å². The van der Waals surface area contributed by atoms with Crippen LogP contribution in [-0.2, 0) is 26.2 Å². The first-order valence-electron chi connectivity index (χ1n) is 13.2. The molecule has 7 nitrogen and oxygen atoms in total. The number of sulfonamides is 1. The lowest BCUT2D eigenvalue weighted by Crippen LogP contribution is -2.52. The highest BCUT2D eigenvalue weighted by molar-refractivity contribution is 7.92. The summed E-state index contributed by atoms with van der Waals surface area (Å²) in [6.45, 7) is 7.63. The largest absolute Gasteiger partial charge is 0.354 e. The Hall–Kier alpha value is -3.07. The van der Waals surface area contributed by atoms with E-state index >= 15 is 0 Å². The molecule has 40 heavy (non-hydrogen) atoms. The molecule has 0 fully saturated rings. The topological polar surface area (TPSA) is 86.8 Å². The summed E-state index contributed by atoms with van der Waals surface area (Å²) in [6, 6.07) is 17.6. The monoisotopic (exact) mass is 603 g/mol. The highest BCUT2D eigenvalue weighted by Gasteiger charge is 2.34. The number of carbonyl (C=O) groups excluding carboxylic acids is 2. The number of anilines is 1. The van der Waals surface area contributed by atoms with Crippen molar-refractivity contribution < 1.29 is 18.0 Å². The van der Waals surface area contributed by atoms with Crippen LogP contribution in [0.4, 0.5) is 5.69 Å². The predicted molar refractivity (Wildman–Crippen MR) is 161 cm³/mol. The minimum atomic E-state index is -4.19. The van der Waals surface area contributed by atoms with Crippen LogP contribution in [0.1, 0.15) is 43.4 Å². The van der Waals surface area contributed by atoms with Crippen molar-refractivity contribution in [3.05, 3.63) is 93.5 Å². The zero-order chi connectivity index (χ0) is 29.4. The number of hydrogen-bond donors (Lipinski definition) is 1. The molecule has 3 rings (SSSR count). The quantitative estimate of drug-likeness (QED) is 0.269. The minimum Gasteiger partial charge on any atom is -0.354 e. The van der Waals surface area contributed by atoms with Gasteiger partial charge < -0.3 is 10.2 Å². The molecule has 0 unspecified atom stereocenters. The van der Waals surface area contributed by atoms with Crippen LogP contribution in [0.3, 0.4) is 0 Å². The molecule has 3 aromatic carbocycles. The molecule has 214 valence electrons. The van der Waals surface area contributed by atoms with Crippen molar-refractivity contribution in [2.75, 3.05) is 17.4 Å². The van der Waals surface area contributed by atoms with Gasteiger partial charge in [-0.1, -0.05) is 79.0 Å². The standard InChI is InChI=1S/C30H35Cl2N3O4S/c1-5-17-33-30(37)28(6-2)34(19-23-10-8-7-9-22(23)4)29(36)20-35(24-13-16-26(31)27(32)18-24)40(38,39)25-14-11-21(3)12-15-25/h7-16,18,28H,5-6,17,19-20H2,1-4H3,(H,33,37)/t28-/m0/s1. The van der Waals surface area contributed by atoms with Gasteiger partial charge in [0.1, 0.15) is 12.6 Å². The number of hydrogen-bond acceptors (Lipinski definition) is 4. The lowest BCUT2D eigenvalue weighted by atomic mass is 10.1. The highest BCUT2D eigenvalue weighted by Crippen LogP contribution is 2.31. The Balaban J connectivity index is 2.09. The maximum Gasteiger partial charge on any atom is 0.264 e. The second-order valence-corrected chi connectivity index (χ2v) is 12.3. The second-order valence-electron chi connectivity index (χ2n) is 9.59. The van der Waals surface area contributed by atoms with Crippen molar-refractivity contribution in [3.63, 3.8) is 0 Å². The van der Waals surface area contributed by atoms with E-state index in [-0.39, 0.29) is 33.1 Å². The summed E-state index contributed by atoms with van der Waals surface area (Å²) in [7, 11) is -4.19. The van der Waals surface area contributed by atoms with Crippen LogP contribution in [0.5, 0.6) is 0 Å². The fourth-order valence-corrected chi connectivity index (χ4v) is 5.96. The van der Waals surface area contributed by atoms with E-state index in [1.807, 2.05) is 52.0 Å². The number of carbonyl (C=O) groups is 2. The van der Waals surface area contributed by atoms with Gasteiger partial charge in [0.15, 0.2) is 0 Å². The minimum absolute atomic E-state index is 0.0233. The number of aryl methyl sites for hydroxylation is 2. The predicted octanol–water partition coefficient (Wildman–Crippen LogP) is 6.14. The molecule has 1 N–H and O–H groups in total. The van der Waals surface area contributed by atoms with Gasteiger partial charge in [-0.25, -0.2) is 8.42 Å². The van der Waals surface area contributed by atoms with Gasteiger partial charge in [0.25, 0.3) is 10.0 Å². The van der Waals surface area contributed by atoms with Crippen molar-refractivity contribution in [3.8, 4) is 0 Å². The van der Waals surface area contributed by atoms with Gasteiger partial charge in [-0.2, -0.15) is 0 Å². The van der Waals surface area contributed by atoms with E-state index in [1.54, 1.807) is 12.1 Å². The van der Waals surface area contributed by atoms with Gasteiger partial charge in [-0.05, 0) is 68.1 Å². The Kier molecular flexibility index (Phi) is 11.0. The maximum atomic E-state index is 14.1. The van der Waals surface area contributed by atoms with Crippen LogP contribution in [-0.4, -0.2) is 44.3 Å². The average Bonchev–Trinajstić information content (AvgIpc) is 2.93. The van der Waals surface area contributed by atoms with Crippen LogP contribution in [0.15, 0.2) is 71.6 Å². The van der Waals surface area contributed by atoms with E-state index in [9.17, 15) is 18.0 Å². The van der Waals surface area contributed by atoms with Gasteiger partial charge in [0.2, 0.25) is 11.8 Å². The molecular weight excluding hydrogens is 569 g/mol. The Morgan fingerprint density at radius 1 is 0.925 bits per heavy atom. The van der Waals surface area contributed by atoms with E-state index in [0.29, 0.717) is 13.0 Å². The normalized spacial score (nSPS) is 12.1. The number of nitrogens with one attached hydrogen (secondary N) is 1. The number of nitrogens with zero attached hydrogens (tertiary/aromatic N) is 2. The number of amides is 2. The zero-order valence-electron chi connectivity index (χ0n) is 23.2. The van der Waals surface area contributed by atoms with Crippen molar-refractivity contribution in [2.45, 2.75) is 58.0 Å². The Morgan fingerprint density at radius 3 is 2.20 bits per heavy atom. The molecule has 3 aromatic rings. The zero-order valence-corrected chi connectivity index (χ0v) is 25.5. The summed E-state index contributed by atoms with van der Waals surface area (Å²) >= 11 is 12.4. The van der Waals surface area contributed by atoms with Gasteiger partial charge in [0.05, 0.1) is 20.6 Å². The molecule has 1 atom stereocenters. The lowest BCUT2D eigenvalue weighted by molar-refractivity contribution is -0.140. The van der Waals surface area contributed by atoms with Gasteiger partial charge >= 0.3 is 0 Å². The van der Waals surface area contributed by atoms with E-state index in [2.05, 4.69) is 5.32 Å². The van der Waals surface area contributed by atoms with Crippen molar-refractivity contribution in [1.29, 1.82) is 0 Å². The van der Waals surface area contributed by atoms with Crippen LogP contribution < -0.4 is 9.62 Å². The summed E-state index contributed by atoms with van der Waals surface area (Å²) in [5.74, 6) is -0.808. The summed E-state index contributed by atoms with van der Waals surface area (Å²) in [5.41, 5.74) is 2.89. The number of benzene rings is 3. The van der Waals surface area contributed by atoms with Crippen LogP contribution in [0.2, 0.25) is 10.0 Å². The molecule has 0 saturated heterocycles. The average molecular weight is 605 g/mol. The van der Waals surface area contributed by atoms with E-state index in [1.165, 1.54) is 35.2 Å². The summed E-state index contributed by atoms with van der Waals surface area (Å²) in [5, 5.41) is 3.29. The Bertz CT molecular complexity index is 1450. The van der Waals surface area contributed by atoms with Crippen molar-refractivity contribution in [2.24, 2.45) is 0 Å². The molecule has 0 aliphatic rings. The van der Waals surface area contributed by atoms with E-state index in [0.717, 1.165) is 27.4 Å². The first-order valence-corrected chi connectivity index (χ1v) is 15.3. The fraction of sp³-hybridized carbons (Fsp3) is 0.333. The smallest absolute Gasteiger partial charge is 0.264 e. The van der Waals surface area contributed by atoms with Crippen molar-refractivity contribution in [1.82, 2.24) is 10.2 Å². The first kappa shape index (κ1) is 31.5. The van der Waals surface area contributed by atoms with Gasteiger partial charge in [0, 0.05) is 13.1 Å². The third kappa shape index (κ3) is 7.56. The molecule has 10 heteroatoms. The number of halogens is 2. The van der Waals surface area contributed by atoms with Crippen LogP contribution in [0, 0.1) is 13.8 Å². The molecule has 0 heterocycles. The molecule has 0 radical (unpaired) electrons. The van der Waals surface area contributed by atoms with Crippen LogP contribution >= 0.6 is 23.2 Å². The first-order chi connectivity index (χ1) is 19.0. The third-order valence-corrected chi connectivity index (χ3v) is 9.14. The Morgan fingerprint density at radius 2 is 1.60 bits per heavy atom. The molecule has 0 aliphatic heterocycles. The number of rotatable bonds is 12. The third-order valence-electron chi connectivity index (χ3n) is 6.62. The molecule has 0 saturated carbocycles. The van der Waals surface area contributed by atoms with Gasteiger partial charge in [-0.15, -0.1) is 0 Å². The summed E-state index contributed by atoms with van der Waals surface area (Å²) in [6.07, 6.45) is 1.10.